The molecule has 1 N–H and O–H groups in total. The zero-order valence-electron chi connectivity index (χ0n) is 16.1. The van der Waals surface area contributed by atoms with Gasteiger partial charge in [-0.25, -0.2) is 4.68 Å². The molecule has 8 heteroatoms. The van der Waals surface area contributed by atoms with Gasteiger partial charge in [0.15, 0.2) is 0 Å². The summed E-state index contributed by atoms with van der Waals surface area (Å²) < 4.78 is 1.57. The van der Waals surface area contributed by atoms with Gasteiger partial charge in [0.1, 0.15) is 6.33 Å². The Morgan fingerprint density at radius 1 is 1.17 bits per heavy atom. The molecule has 0 fully saturated rings. The SMILES string of the molecule is CC(=O)N1C=Cc2ccccc2C1CC(=O)Nc1ccc(-n2cnnn2)c(C)c1. The van der Waals surface area contributed by atoms with E-state index < -0.39 is 0 Å². The third-order valence-electron chi connectivity index (χ3n) is 4.92. The van der Waals surface area contributed by atoms with Crippen LogP contribution in [0.2, 0.25) is 0 Å². The van der Waals surface area contributed by atoms with Crippen LogP contribution in [-0.2, 0) is 9.59 Å². The van der Waals surface area contributed by atoms with Crippen LogP contribution < -0.4 is 5.32 Å². The Hall–Kier alpha value is -3.81. The third kappa shape index (κ3) is 3.77. The summed E-state index contributed by atoms with van der Waals surface area (Å²) in [5, 5.41) is 14.1. The maximum atomic E-state index is 12.8. The monoisotopic (exact) mass is 388 g/mol. The van der Waals surface area contributed by atoms with Crippen LogP contribution in [0.15, 0.2) is 55.0 Å². The molecular weight excluding hydrogens is 368 g/mol. The van der Waals surface area contributed by atoms with Crippen molar-refractivity contribution < 1.29 is 9.59 Å². The number of carbonyl (C=O) groups excluding carboxylic acids is 2. The predicted molar refractivity (Wildman–Crippen MR) is 108 cm³/mol. The standard InChI is InChI=1S/C21H20N6O2/c1-14-11-17(7-8-19(14)27-13-22-24-25-27)23-21(29)12-20-18-6-4-3-5-16(18)9-10-26(20)15(2)28/h3-11,13,20H,12H2,1-2H3,(H,23,29). The lowest BCUT2D eigenvalue weighted by Gasteiger charge is -2.32. The number of nitrogens with zero attached hydrogens (tertiary/aromatic N) is 5. The number of hydrogen-bond donors (Lipinski definition) is 1. The molecule has 1 unspecified atom stereocenters. The zero-order valence-corrected chi connectivity index (χ0v) is 16.1. The minimum Gasteiger partial charge on any atom is -0.326 e. The Labute approximate surface area is 167 Å². The van der Waals surface area contributed by atoms with Crippen molar-refractivity contribution in [3.63, 3.8) is 0 Å². The summed E-state index contributed by atoms with van der Waals surface area (Å²) >= 11 is 0. The predicted octanol–water partition coefficient (Wildman–Crippen LogP) is 2.87. The van der Waals surface area contributed by atoms with Gasteiger partial charge < -0.3 is 10.2 Å². The summed E-state index contributed by atoms with van der Waals surface area (Å²) in [7, 11) is 0. The summed E-state index contributed by atoms with van der Waals surface area (Å²) in [5.74, 6) is -0.267. The van der Waals surface area contributed by atoms with Crippen LogP contribution in [-0.4, -0.2) is 36.9 Å². The average Bonchev–Trinajstić information content (AvgIpc) is 3.22. The van der Waals surface area contributed by atoms with Crippen LogP contribution in [0.3, 0.4) is 0 Å². The zero-order chi connectivity index (χ0) is 20.4. The minimum absolute atomic E-state index is 0.102. The van der Waals surface area contributed by atoms with Crippen LogP contribution in [0.4, 0.5) is 5.69 Å². The van der Waals surface area contributed by atoms with Gasteiger partial charge in [-0.05, 0) is 58.3 Å². The van der Waals surface area contributed by atoms with Crippen LogP contribution in [0, 0.1) is 6.92 Å². The lowest BCUT2D eigenvalue weighted by Crippen LogP contribution is -2.33. The van der Waals surface area contributed by atoms with E-state index in [2.05, 4.69) is 20.8 Å². The van der Waals surface area contributed by atoms with E-state index in [1.165, 1.54) is 13.3 Å². The Morgan fingerprint density at radius 3 is 2.72 bits per heavy atom. The molecule has 0 bridgehead atoms. The molecule has 1 aliphatic heterocycles. The van der Waals surface area contributed by atoms with Crippen molar-refractivity contribution >= 4 is 23.6 Å². The molecule has 0 radical (unpaired) electrons. The molecule has 8 nitrogen and oxygen atoms in total. The summed E-state index contributed by atoms with van der Waals surface area (Å²) in [4.78, 5) is 26.5. The van der Waals surface area contributed by atoms with E-state index in [0.717, 1.165) is 22.4 Å². The number of anilines is 1. The second-order valence-corrected chi connectivity index (χ2v) is 6.89. The number of fused-ring (bicyclic) bond motifs is 1. The van der Waals surface area contributed by atoms with Crippen molar-refractivity contribution in [1.82, 2.24) is 25.1 Å². The number of rotatable bonds is 4. The molecule has 0 aliphatic carbocycles. The minimum atomic E-state index is -0.338. The second-order valence-electron chi connectivity index (χ2n) is 6.89. The van der Waals surface area contributed by atoms with Gasteiger partial charge in [-0.1, -0.05) is 24.3 Å². The van der Waals surface area contributed by atoms with Gasteiger partial charge >= 0.3 is 0 Å². The first-order valence-electron chi connectivity index (χ1n) is 9.23. The highest BCUT2D eigenvalue weighted by Crippen LogP contribution is 2.33. The molecule has 1 atom stereocenters. The highest BCUT2D eigenvalue weighted by molar-refractivity contribution is 5.92. The Balaban J connectivity index is 1.52. The van der Waals surface area contributed by atoms with E-state index in [9.17, 15) is 9.59 Å². The Bertz CT molecular complexity index is 1090. The molecule has 0 spiro atoms. The van der Waals surface area contributed by atoms with Crippen LogP contribution >= 0.6 is 0 Å². The van der Waals surface area contributed by atoms with Crippen LogP contribution in [0.25, 0.3) is 11.8 Å². The summed E-state index contributed by atoms with van der Waals surface area (Å²) in [6.07, 6.45) is 5.32. The van der Waals surface area contributed by atoms with Crippen molar-refractivity contribution in [1.29, 1.82) is 0 Å². The van der Waals surface area contributed by atoms with Gasteiger partial charge in [0.2, 0.25) is 11.8 Å². The van der Waals surface area contributed by atoms with E-state index >= 15 is 0 Å². The molecule has 29 heavy (non-hydrogen) atoms. The first-order chi connectivity index (χ1) is 14.0. The maximum Gasteiger partial charge on any atom is 0.226 e. The number of hydrogen-bond acceptors (Lipinski definition) is 5. The van der Waals surface area contributed by atoms with Gasteiger partial charge in [-0.2, -0.15) is 0 Å². The van der Waals surface area contributed by atoms with Gasteiger partial charge in [-0.3, -0.25) is 9.59 Å². The molecule has 146 valence electrons. The number of aryl methyl sites for hydroxylation is 1. The fourth-order valence-corrected chi connectivity index (χ4v) is 3.56. The first-order valence-corrected chi connectivity index (χ1v) is 9.23. The van der Waals surface area contributed by atoms with Crippen molar-refractivity contribution in [3.05, 3.63) is 71.7 Å². The fourth-order valence-electron chi connectivity index (χ4n) is 3.56. The lowest BCUT2D eigenvalue weighted by atomic mass is 9.93. The molecule has 4 rings (SSSR count). The molecule has 1 aromatic heterocycles. The van der Waals surface area contributed by atoms with E-state index in [-0.39, 0.29) is 24.3 Å². The highest BCUT2D eigenvalue weighted by atomic mass is 16.2. The Kier molecular flexibility index (Phi) is 4.90. The van der Waals surface area contributed by atoms with Crippen molar-refractivity contribution in [2.75, 3.05) is 5.32 Å². The lowest BCUT2D eigenvalue weighted by molar-refractivity contribution is -0.129. The summed E-state index contributed by atoms with van der Waals surface area (Å²) in [6.45, 7) is 3.43. The van der Waals surface area contributed by atoms with Crippen LogP contribution in [0.5, 0.6) is 0 Å². The molecule has 2 heterocycles. The second kappa shape index (κ2) is 7.67. The third-order valence-corrected chi connectivity index (χ3v) is 4.92. The molecule has 0 saturated carbocycles. The van der Waals surface area contributed by atoms with E-state index in [1.807, 2.05) is 49.4 Å². The average molecular weight is 388 g/mol. The van der Waals surface area contributed by atoms with Crippen molar-refractivity contribution in [3.8, 4) is 5.69 Å². The highest BCUT2D eigenvalue weighted by Gasteiger charge is 2.28. The van der Waals surface area contributed by atoms with Crippen molar-refractivity contribution in [2.45, 2.75) is 26.3 Å². The fraction of sp³-hybridized carbons (Fsp3) is 0.190. The Morgan fingerprint density at radius 2 is 2.00 bits per heavy atom. The van der Waals surface area contributed by atoms with Crippen molar-refractivity contribution in [2.24, 2.45) is 0 Å². The molecule has 0 saturated heterocycles. The summed E-state index contributed by atoms with van der Waals surface area (Å²) in [5.41, 5.74) is 4.42. The molecule has 3 aromatic rings. The largest absolute Gasteiger partial charge is 0.326 e. The van der Waals surface area contributed by atoms with Crippen LogP contribution in [0.1, 0.15) is 36.1 Å². The van der Waals surface area contributed by atoms with E-state index in [0.29, 0.717) is 5.69 Å². The smallest absolute Gasteiger partial charge is 0.226 e. The number of tetrazole rings is 1. The number of nitrogens with one attached hydrogen (secondary N) is 1. The normalized spacial score (nSPS) is 15.1. The topological polar surface area (TPSA) is 93.0 Å². The molecule has 1 aliphatic rings. The molecular formula is C21H20N6O2. The number of amides is 2. The van der Waals surface area contributed by atoms with E-state index in [4.69, 9.17) is 0 Å². The first kappa shape index (κ1) is 18.5. The molecule has 2 aromatic carbocycles. The number of aromatic nitrogens is 4. The number of carbonyl (C=O) groups is 2. The number of benzene rings is 2. The van der Waals surface area contributed by atoms with E-state index in [1.54, 1.807) is 21.8 Å². The summed E-state index contributed by atoms with van der Waals surface area (Å²) in [6, 6.07) is 13.0. The van der Waals surface area contributed by atoms with Gasteiger partial charge in [-0.15, -0.1) is 5.10 Å². The molecule has 2 amide bonds. The quantitative estimate of drug-likeness (QED) is 0.742. The maximum absolute atomic E-state index is 12.8. The van der Waals surface area contributed by atoms with Gasteiger partial charge in [0.05, 0.1) is 18.2 Å². The van der Waals surface area contributed by atoms with Gasteiger partial charge in [0.25, 0.3) is 0 Å². The van der Waals surface area contributed by atoms with Gasteiger partial charge in [0, 0.05) is 18.8 Å².